The average molecular weight is 329 g/mol. The summed E-state index contributed by atoms with van der Waals surface area (Å²) in [6.07, 6.45) is 3.42. The Hall–Kier alpha value is -2.34. The van der Waals surface area contributed by atoms with Crippen molar-refractivity contribution in [3.05, 3.63) is 48.0 Å². The summed E-state index contributed by atoms with van der Waals surface area (Å²) < 4.78 is 7.17. The molecule has 6 nitrogen and oxygen atoms in total. The number of ether oxygens (including phenoxy) is 1. The molecule has 0 saturated carbocycles. The monoisotopic (exact) mass is 329 g/mol. The van der Waals surface area contributed by atoms with E-state index in [9.17, 15) is 9.90 Å². The van der Waals surface area contributed by atoms with Gasteiger partial charge in [-0.2, -0.15) is 0 Å². The molecule has 1 N–H and O–H groups in total. The number of likely N-dealkylation sites (tertiary alicyclic amines) is 1. The van der Waals surface area contributed by atoms with Gasteiger partial charge in [0.05, 0.1) is 25.6 Å². The Morgan fingerprint density at radius 2 is 2.21 bits per heavy atom. The van der Waals surface area contributed by atoms with E-state index in [2.05, 4.69) is 4.98 Å². The summed E-state index contributed by atoms with van der Waals surface area (Å²) in [7, 11) is 1.62. The normalized spacial score (nSPS) is 20.6. The van der Waals surface area contributed by atoms with Crippen molar-refractivity contribution in [2.45, 2.75) is 38.5 Å². The first-order valence-corrected chi connectivity index (χ1v) is 8.16. The van der Waals surface area contributed by atoms with Gasteiger partial charge >= 0.3 is 0 Å². The number of imidazole rings is 1. The smallest absolute Gasteiger partial charge is 0.274 e. The highest BCUT2D eigenvalue weighted by Crippen LogP contribution is 2.34. The number of methoxy groups -OCH3 is 1. The summed E-state index contributed by atoms with van der Waals surface area (Å²) in [5.41, 5.74) is 1.37. The number of aromatic nitrogens is 2. The summed E-state index contributed by atoms with van der Waals surface area (Å²) in [4.78, 5) is 18.8. The van der Waals surface area contributed by atoms with Gasteiger partial charge in [0.2, 0.25) is 0 Å². The third-order valence-corrected chi connectivity index (χ3v) is 4.44. The predicted molar refractivity (Wildman–Crippen MR) is 90.0 cm³/mol. The maximum atomic E-state index is 12.9. The number of carbonyl (C=O) groups is 1. The van der Waals surface area contributed by atoms with Gasteiger partial charge in [0.1, 0.15) is 11.4 Å². The van der Waals surface area contributed by atoms with Crippen LogP contribution >= 0.6 is 0 Å². The van der Waals surface area contributed by atoms with Gasteiger partial charge in [0.15, 0.2) is 0 Å². The molecule has 1 fully saturated rings. The minimum Gasteiger partial charge on any atom is -0.497 e. The molecule has 1 aromatic heterocycles. The van der Waals surface area contributed by atoms with Crippen LogP contribution in [0.4, 0.5) is 0 Å². The lowest BCUT2D eigenvalue weighted by Crippen LogP contribution is -2.32. The lowest BCUT2D eigenvalue weighted by atomic mass is 10.0. The lowest BCUT2D eigenvalue weighted by molar-refractivity contribution is 0.0710. The highest BCUT2D eigenvalue weighted by atomic mass is 16.5. The topological polar surface area (TPSA) is 67.6 Å². The summed E-state index contributed by atoms with van der Waals surface area (Å²) in [6, 6.07) is 7.71. The van der Waals surface area contributed by atoms with E-state index in [0.29, 0.717) is 18.7 Å². The number of β-amino-alcohol motifs (C(OH)–C–C–N with tert-alkyl or cyclic N) is 1. The molecule has 2 aromatic rings. The van der Waals surface area contributed by atoms with Crippen LogP contribution in [0.25, 0.3) is 0 Å². The maximum absolute atomic E-state index is 12.9. The van der Waals surface area contributed by atoms with E-state index in [4.69, 9.17) is 4.74 Å². The summed E-state index contributed by atoms with van der Waals surface area (Å²) in [5.74, 6) is 0.587. The average Bonchev–Trinajstić information content (AvgIpc) is 3.21. The van der Waals surface area contributed by atoms with Gasteiger partial charge in [-0.05, 0) is 38.0 Å². The molecule has 0 spiro atoms. The number of aliphatic hydroxyl groups is 1. The van der Waals surface area contributed by atoms with E-state index in [1.165, 1.54) is 0 Å². The zero-order valence-corrected chi connectivity index (χ0v) is 14.2. The second-order valence-corrected chi connectivity index (χ2v) is 6.44. The molecule has 1 aliphatic rings. The van der Waals surface area contributed by atoms with E-state index in [1.54, 1.807) is 24.5 Å². The maximum Gasteiger partial charge on any atom is 0.274 e. The van der Waals surface area contributed by atoms with E-state index in [0.717, 1.165) is 11.3 Å². The molecule has 128 valence electrons. The van der Waals surface area contributed by atoms with Gasteiger partial charge in [-0.3, -0.25) is 4.79 Å². The van der Waals surface area contributed by atoms with Gasteiger partial charge in [0, 0.05) is 18.8 Å². The van der Waals surface area contributed by atoms with Crippen LogP contribution in [-0.4, -0.2) is 45.2 Å². The third-order valence-electron chi connectivity index (χ3n) is 4.44. The first-order valence-electron chi connectivity index (χ1n) is 8.16. The molecule has 1 saturated heterocycles. The molecule has 2 atom stereocenters. The fraction of sp³-hybridized carbons (Fsp3) is 0.444. The SMILES string of the molecule is COc1cccc(C2CC(O)CN2C(=O)c2cn(C(C)C)cn2)c1. The second-order valence-electron chi connectivity index (χ2n) is 6.44. The Kier molecular flexibility index (Phi) is 4.57. The molecule has 0 aliphatic carbocycles. The summed E-state index contributed by atoms with van der Waals surface area (Å²) in [6.45, 7) is 4.39. The number of rotatable bonds is 4. The van der Waals surface area contributed by atoms with Gasteiger partial charge in [0.25, 0.3) is 5.91 Å². The Morgan fingerprint density at radius 3 is 2.88 bits per heavy atom. The van der Waals surface area contributed by atoms with Crippen molar-refractivity contribution in [1.29, 1.82) is 0 Å². The fourth-order valence-corrected chi connectivity index (χ4v) is 3.08. The Labute approximate surface area is 141 Å². The Balaban J connectivity index is 1.87. The largest absolute Gasteiger partial charge is 0.497 e. The van der Waals surface area contributed by atoms with Crippen LogP contribution in [0.2, 0.25) is 0 Å². The molecule has 0 bridgehead atoms. The molecule has 2 heterocycles. The predicted octanol–water partition coefficient (Wildman–Crippen LogP) is 2.42. The zero-order chi connectivity index (χ0) is 17.3. The minimum absolute atomic E-state index is 0.154. The van der Waals surface area contributed by atoms with Gasteiger partial charge < -0.3 is 19.3 Å². The molecule has 2 unspecified atom stereocenters. The first-order chi connectivity index (χ1) is 11.5. The standard InChI is InChI=1S/C18H23N3O3/c1-12(2)20-10-16(19-11-20)18(23)21-9-14(22)8-17(21)13-5-4-6-15(7-13)24-3/h4-7,10-12,14,17,22H,8-9H2,1-3H3. The molecule has 3 rings (SSSR count). The Bertz CT molecular complexity index is 726. The van der Waals surface area contributed by atoms with Crippen molar-refractivity contribution in [1.82, 2.24) is 14.5 Å². The molecular formula is C18H23N3O3. The number of amides is 1. The minimum atomic E-state index is -0.530. The van der Waals surface area contributed by atoms with Crippen molar-refractivity contribution in [2.24, 2.45) is 0 Å². The van der Waals surface area contributed by atoms with Crippen molar-refractivity contribution in [3.63, 3.8) is 0 Å². The van der Waals surface area contributed by atoms with Crippen LogP contribution in [0.1, 0.15) is 48.4 Å². The van der Waals surface area contributed by atoms with Crippen LogP contribution in [0.3, 0.4) is 0 Å². The van der Waals surface area contributed by atoms with Crippen molar-refractivity contribution in [2.75, 3.05) is 13.7 Å². The highest BCUT2D eigenvalue weighted by molar-refractivity contribution is 5.92. The molecule has 1 aromatic carbocycles. The first kappa shape index (κ1) is 16.5. The van der Waals surface area contributed by atoms with E-state index in [1.807, 2.05) is 42.7 Å². The van der Waals surface area contributed by atoms with Crippen LogP contribution < -0.4 is 4.74 Å². The van der Waals surface area contributed by atoms with Crippen LogP contribution in [0.15, 0.2) is 36.8 Å². The number of hydrogen-bond acceptors (Lipinski definition) is 4. The number of hydrogen-bond donors (Lipinski definition) is 1. The van der Waals surface area contributed by atoms with Gasteiger partial charge in [-0.25, -0.2) is 4.98 Å². The van der Waals surface area contributed by atoms with Crippen molar-refractivity contribution in [3.8, 4) is 5.75 Å². The second kappa shape index (κ2) is 6.65. The quantitative estimate of drug-likeness (QED) is 0.935. The molecular weight excluding hydrogens is 306 g/mol. The summed E-state index contributed by atoms with van der Waals surface area (Å²) in [5, 5.41) is 10.1. The molecule has 1 amide bonds. The number of aliphatic hydroxyl groups excluding tert-OH is 1. The summed E-state index contributed by atoms with van der Waals surface area (Å²) >= 11 is 0. The lowest BCUT2D eigenvalue weighted by Gasteiger charge is -2.24. The molecule has 0 radical (unpaired) electrons. The number of nitrogens with zero attached hydrogens (tertiary/aromatic N) is 3. The van der Waals surface area contributed by atoms with E-state index in [-0.39, 0.29) is 18.0 Å². The zero-order valence-electron chi connectivity index (χ0n) is 14.2. The van der Waals surface area contributed by atoms with Crippen LogP contribution in [-0.2, 0) is 0 Å². The fourth-order valence-electron chi connectivity index (χ4n) is 3.08. The van der Waals surface area contributed by atoms with Crippen molar-refractivity contribution < 1.29 is 14.6 Å². The Morgan fingerprint density at radius 1 is 1.42 bits per heavy atom. The van der Waals surface area contributed by atoms with Gasteiger partial charge in [-0.15, -0.1) is 0 Å². The molecule has 6 heteroatoms. The molecule has 24 heavy (non-hydrogen) atoms. The van der Waals surface area contributed by atoms with E-state index >= 15 is 0 Å². The highest BCUT2D eigenvalue weighted by Gasteiger charge is 2.36. The number of carbonyl (C=O) groups excluding carboxylic acids is 1. The van der Waals surface area contributed by atoms with E-state index < -0.39 is 6.10 Å². The third kappa shape index (κ3) is 3.14. The van der Waals surface area contributed by atoms with Crippen LogP contribution in [0.5, 0.6) is 5.75 Å². The number of benzene rings is 1. The van der Waals surface area contributed by atoms with Crippen LogP contribution in [0, 0.1) is 0 Å². The van der Waals surface area contributed by atoms with Gasteiger partial charge in [-0.1, -0.05) is 12.1 Å². The molecule has 1 aliphatic heterocycles. The van der Waals surface area contributed by atoms with Crippen molar-refractivity contribution >= 4 is 5.91 Å².